The zero-order chi connectivity index (χ0) is 14.4. The first-order valence-corrected chi connectivity index (χ1v) is 7.18. The number of benzene rings is 1. The monoisotopic (exact) mass is 278 g/mol. The number of piperidine rings is 1. The second-order valence-electron chi connectivity index (χ2n) is 5.29. The van der Waals surface area contributed by atoms with Crippen LogP contribution in [-0.2, 0) is 0 Å². The van der Waals surface area contributed by atoms with Gasteiger partial charge in [0.2, 0.25) is 0 Å². The van der Waals surface area contributed by atoms with Gasteiger partial charge in [-0.25, -0.2) is 0 Å². The molecule has 4 N–H and O–H groups in total. The summed E-state index contributed by atoms with van der Waals surface area (Å²) in [6, 6.07) is 6.15. The van der Waals surface area contributed by atoms with E-state index in [-0.39, 0.29) is 6.67 Å². The van der Waals surface area contributed by atoms with E-state index in [1.165, 1.54) is 6.21 Å². The molecule has 0 radical (unpaired) electrons. The van der Waals surface area contributed by atoms with Crippen LogP contribution in [0, 0.1) is 5.41 Å². The molecule has 0 saturated carbocycles. The van der Waals surface area contributed by atoms with Crippen LogP contribution in [0.15, 0.2) is 18.2 Å². The molecule has 1 aliphatic rings. The fourth-order valence-electron chi connectivity index (χ4n) is 2.61. The fraction of sp³-hybridized carbons (Fsp3) is 0.533. The summed E-state index contributed by atoms with van der Waals surface area (Å²) in [6.45, 7) is 2.67. The molecule has 2 rings (SSSR count). The topological polar surface area (TPSA) is 65.1 Å². The van der Waals surface area contributed by atoms with Crippen LogP contribution in [0.1, 0.15) is 24.8 Å². The number of nitrogen functional groups attached to an aromatic ring is 1. The number of alkyl halides is 1. The number of nitrogens with one attached hydrogen (secondary N) is 2. The van der Waals surface area contributed by atoms with Gasteiger partial charge in [-0.3, -0.25) is 4.39 Å². The highest BCUT2D eigenvalue weighted by molar-refractivity contribution is 5.86. The van der Waals surface area contributed by atoms with Crippen molar-refractivity contribution < 1.29 is 4.39 Å². The Hall–Kier alpha value is -1.62. The summed E-state index contributed by atoms with van der Waals surface area (Å²) in [7, 11) is 0. The third-order valence-electron chi connectivity index (χ3n) is 3.81. The minimum Gasteiger partial charge on any atom is -0.398 e. The molecule has 5 heteroatoms. The maximum atomic E-state index is 12.1. The van der Waals surface area contributed by atoms with E-state index in [4.69, 9.17) is 11.1 Å². The van der Waals surface area contributed by atoms with Crippen molar-refractivity contribution in [2.45, 2.75) is 25.3 Å². The number of hydrogen-bond acceptors (Lipinski definition) is 4. The minimum atomic E-state index is -0.226. The fourth-order valence-corrected chi connectivity index (χ4v) is 2.61. The van der Waals surface area contributed by atoms with Crippen molar-refractivity contribution in [1.82, 2.24) is 4.90 Å². The molecule has 1 aromatic rings. The number of anilines is 2. The number of nitrogens with zero attached hydrogens (tertiary/aromatic N) is 1. The lowest BCUT2D eigenvalue weighted by atomic mass is 10.0. The lowest BCUT2D eigenvalue weighted by Crippen LogP contribution is -2.39. The Morgan fingerprint density at radius 2 is 2.15 bits per heavy atom. The molecular formula is C15H23FN4. The van der Waals surface area contributed by atoms with Gasteiger partial charge in [0.1, 0.15) is 0 Å². The maximum Gasteiger partial charge on any atom is 0.0906 e. The molecule has 110 valence electrons. The molecule has 0 atom stereocenters. The number of halogens is 1. The largest absolute Gasteiger partial charge is 0.398 e. The van der Waals surface area contributed by atoms with Gasteiger partial charge in [0, 0.05) is 48.8 Å². The third-order valence-corrected chi connectivity index (χ3v) is 3.81. The van der Waals surface area contributed by atoms with Crippen molar-refractivity contribution in [2.24, 2.45) is 0 Å². The van der Waals surface area contributed by atoms with E-state index in [0.29, 0.717) is 18.2 Å². The molecule has 4 nitrogen and oxygen atoms in total. The van der Waals surface area contributed by atoms with E-state index in [9.17, 15) is 4.39 Å². The Kier molecular flexibility index (Phi) is 5.35. The van der Waals surface area contributed by atoms with Crippen LogP contribution in [-0.4, -0.2) is 43.5 Å². The summed E-state index contributed by atoms with van der Waals surface area (Å²) in [5.41, 5.74) is 8.17. The van der Waals surface area contributed by atoms with Crippen LogP contribution >= 0.6 is 0 Å². The molecule has 0 unspecified atom stereocenters. The number of nitrogens with two attached hydrogens (primary N) is 1. The highest BCUT2D eigenvalue weighted by atomic mass is 19.1. The van der Waals surface area contributed by atoms with Crippen molar-refractivity contribution in [3.63, 3.8) is 0 Å². The van der Waals surface area contributed by atoms with E-state index in [1.54, 1.807) is 0 Å². The van der Waals surface area contributed by atoms with Crippen LogP contribution in [0.3, 0.4) is 0 Å². The zero-order valence-corrected chi connectivity index (χ0v) is 11.7. The van der Waals surface area contributed by atoms with Gasteiger partial charge in [0.25, 0.3) is 0 Å². The highest BCUT2D eigenvalue weighted by Crippen LogP contribution is 2.20. The van der Waals surface area contributed by atoms with E-state index in [2.05, 4.69) is 10.2 Å². The maximum absolute atomic E-state index is 12.1. The SMILES string of the molecule is N=Cc1cc(NC2CCN(CCCF)CC2)ccc1N. The first-order valence-electron chi connectivity index (χ1n) is 7.18. The highest BCUT2D eigenvalue weighted by Gasteiger charge is 2.18. The Bertz CT molecular complexity index is 441. The zero-order valence-electron chi connectivity index (χ0n) is 11.7. The lowest BCUT2D eigenvalue weighted by Gasteiger charge is -2.32. The molecule has 0 aliphatic carbocycles. The van der Waals surface area contributed by atoms with Gasteiger partial charge in [-0.05, 0) is 37.5 Å². The minimum absolute atomic E-state index is 0.226. The van der Waals surface area contributed by atoms with Crippen LogP contribution in [0.5, 0.6) is 0 Å². The summed E-state index contributed by atoms with van der Waals surface area (Å²) in [5, 5.41) is 10.8. The Balaban J connectivity index is 1.84. The summed E-state index contributed by atoms with van der Waals surface area (Å²) < 4.78 is 12.1. The quantitative estimate of drug-likeness (QED) is 0.553. The third kappa shape index (κ3) is 3.93. The van der Waals surface area contributed by atoms with Crippen molar-refractivity contribution >= 4 is 17.6 Å². The van der Waals surface area contributed by atoms with Gasteiger partial charge >= 0.3 is 0 Å². The van der Waals surface area contributed by atoms with Gasteiger partial charge in [-0.15, -0.1) is 0 Å². The van der Waals surface area contributed by atoms with E-state index in [0.717, 1.165) is 43.7 Å². The summed E-state index contributed by atoms with van der Waals surface area (Å²) in [6.07, 6.45) is 4.05. The first-order chi connectivity index (χ1) is 9.72. The standard InChI is InChI=1S/C15H23FN4/c16-6-1-7-20-8-4-13(5-9-20)19-14-2-3-15(18)12(10-14)11-17/h2-3,10-11,13,17,19H,1,4-9,18H2. The number of likely N-dealkylation sites (tertiary alicyclic amines) is 1. The number of hydrogen-bond donors (Lipinski definition) is 3. The van der Waals surface area contributed by atoms with Crippen molar-refractivity contribution in [2.75, 3.05) is 37.4 Å². The summed E-state index contributed by atoms with van der Waals surface area (Å²) >= 11 is 0. The Labute approximate surface area is 119 Å². The van der Waals surface area contributed by atoms with Gasteiger partial charge in [0.05, 0.1) is 6.67 Å². The average Bonchev–Trinajstić information content (AvgIpc) is 2.48. The number of rotatable bonds is 6. The molecule has 1 saturated heterocycles. The van der Waals surface area contributed by atoms with Gasteiger partial charge in [0.15, 0.2) is 0 Å². The molecule has 1 fully saturated rings. The van der Waals surface area contributed by atoms with Crippen LogP contribution in [0.4, 0.5) is 15.8 Å². The second-order valence-corrected chi connectivity index (χ2v) is 5.29. The predicted molar refractivity (Wildman–Crippen MR) is 82.4 cm³/mol. The van der Waals surface area contributed by atoms with Gasteiger partial charge in [-0.1, -0.05) is 0 Å². The smallest absolute Gasteiger partial charge is 0.0906 e. The average molecular weight is 278 g/mol. The predicted octanol–water partition coefficient (Wildman–Crippen LogP) is 2.50. The molecule has 1 aliphatic heterocycles. The molecule has 20 heavy (non-hydrogen) atoms. The van der Waals surface area contributed by atoms with Crippen LogP contribution in [0.25, 0.3) is 0 Å². The molecule has 1 heterocycles. The van der Waals surface area contributed by atoms with E-state index < -0.39 is 0 Å². The summed E-state index contributed by atoms with van der Waals surface area (Å²) in [4.78, 5) is 2.32. The molecule has 0 bridgehead atoms. The van der Waals surface area contributed by atoms with Crippen LogP contribution in [0.2, 0.25) is 0 Å². The molecule has 1 aromatic carbocycles. The summed E-state index contributed by atoms with van der Waals surface area (Å²) in [5.74, 6) is 0. The van der Waals surface area contributed by atoms with Crippen LogP contribution < -0.4 is 11.1 Å². The van der Waals surface area contributed by atoms with E-state index >= 15 is 0 Å². The van der Waals surface area contributed by atoms with Gasteiger partial charge < -0.3 is 21.4 Å². The Morgan fingerprint density at radius 3 is 2.80 bits per heavy atom. The molecule has 0 amide bonds. The normalized spacial score (nSPS) is 17.1. The van der Waals surface area contributed by atoms with Crippen molar-refractivity contribution in [3.05, 3.63) is 23.8 Å². The van der Waals surface area contributed by atoms with E-state index in [1.807, 2.05) is 18.2 Å². The van der Waals surface area contributed by atoms with Crippen molar-refractivity contribution in [1.29, 1.82) is 5.41 Å². The van der Waals surface area contributed by atoms with Crippen molar-refractivity contribution in [3.8, 4) is 0 Å². The van der Waals surface area contributed by atoms with Gasteiger partial charge in [-0.2, -0.15) is 0 Å². The first kappa shape index (κ1) is 14.8. The second kappa shape index (κ2) is 7.24. The lowest BCUT2D eigenvalue weighted by molar-refractivity contribution is 0.210. The Morgan fingerprint density at radius 1 is 1.40 bits per heavy atom. The molecule has 0 aromatic heterocycles. The molecular weight excluding hydrogens is 255 g/mol. The molecule has 0 spiro atoms.